The molecule has 9 nitrogen and oxygen atoms in total. The lowest BCUT2D eigenvalue weighted by Gasteiger charge is -2.34. The fraction of sp³-hybridized carbons (Fsp3) is 0.286. The summed E-state index contributed by atoms with van der Waals surface area (Å²) < 4.78 is 33.0. The first-order valence-electron chi connectivity index (χ1n) is 9.97. The summed E-state index contributed by atoms with van der Waals surface area (Å²) in [5.41, 5.74) is 1.09. The Labute approximate surface area is 192 Å². The molecule has 3 aromatic rings. The molecule has 3 heterocycles. The van der Waals surface area contributed by atoms with Gasteiger partial charge < -0.3 is 15.0 Å². The third kappa shape index (κ3) is 4.77. The maximum absolute atomic E-state index is 13.2. The quantitative estimate of drug-likeness (QED) is 0.581. The first-order valence-corrected chi connectivity index (χ1v) is 11.8. The predicted molar refractivity (Wildman–Crippen MR) is 123 cm³/mol. The summed E-state index contributed by atoms with van der Waals surface area (Å²) in [6.45, 7) is 3.59. The van der Waals surface area contributed by atoms with Crippen LogP contribution in [0.5, 0.6) is 5.75 Å². The zero-order valence-electron chi connectivity index (χ0n) is 17.7. The lowest BCUT2D eigenvalue weighted by atomic mass is 10.3. The van der Waals surface area contributed by atoms with Gasteiger partial charge in [-0.2, -0.15) is 4.31 Å². The lowest BCUT2D eigenvalue weighted by Crippen LogP contribution is -2.49. The maximum atomic E-state index is 13.2. The summed E-state index contributed by atoms with van der Waals surface area (Å²) in [6.07, 6.45) is 3.21. The van der Waals surface area contributed by atoms with Crippen molar-refractivity contribution in [3.05, 3.63) is 59.5 Å². The van der Waals surface area contributed by atoms with Crippen molar-refractivity contribution in [1.82, 2.24) is 19.3 Å². The molecule has 1 N–H and O–H groups in total. The highest BCUT2D eigenvalue weighted by Gasteiger charge is 2.31. The van der Waals surface area contributed by atoms with Crippen LogP contribution in [0.4, 0.5) is 17.5 Å². The number of aryl methyl sites for hydroxylation is 1. The number of hydrogen-bond donors (Lipinski definition) is 1. The normalized spacial score (nSPS) is 14.9. The molecule has 0 amide bonds. The molecule has 0 unspecified atom stereocenters. The molecule has 1 aromatic carbocycles. The highest BCUT2D eigenvalue weighted by molar-refractivity contribution is 7.89. The second-order valence-corrected chi connectivity index (χ2v) is 9.63. The minimum Gasteiger partial charge on any atom is -0.495 e. The maximum Gasteiger partial charge on any atom is 0.246 e. The van der Waals surface area contributed by atoms with E-state index in [4.69, 9.17) is 16.3 Å². The van der Waals surface area contributed by atoms with Crippen LogP contribution in [-0.2, 0) is 10.0 Å². The van der Waals surface area contributed by atoms with E-state index in [9.17, 15) is 8.42 Å². The number of hydrogen-bond acceptors (Lipinski definition) is 8. The van der Waals surface area contributed by atoms with Crippen LogP contribution >= 0.6 is 11.6 Å². The minimum atomic E-state index is -3.74. The summed E-state index contributed by atoms with van der Waals surface area (Å²) in [6, 6.07) is 10.3. The second-order valence-electron chi connectivity index (χ2n) is 7.29. The first-order chi connectivity index (χ1) is 15.4. The highest BCUT2D eigenvalue weighted by Crippen LogP contribution is 2.30. The summed E-state index contributed by atoms with van der Waals surface area (Å²) >= 11 is 6.03. The first kappa shape index (κ1) is 22.3. The Balaban J connectivity index is 1.47. The Morgan fingerprint density at radius 2 is 1.75 bits per heavy atom. The monoisotopic (exact) mass is 474 g/mol. The van der Waals surface area contributed by atoms with Gasteiger partial charge in [0.05, 0.1) is 7.11 Å². The van der Waals surface area contributed by atoms with Gasteiger partial charge in [-0.3, -0.25) is 0 Å². The Morgan fingerprint density at radius 1 is 1.00 bits per heavy atom. The van der Waals surface area contributed by atoms with E-state index in [0.29, 0.717) is 48.7 Å². The van der Waals surface area contributed by atoms with Gasteiger partial charge in [-0.25, -0.2) is 23.4 Å². The Hall–Kier alpha value is -2.95. The van der Waals surface area contributed by atoms with E-state index in [1.165, 1.54) is 23.8 Å². The van der Waals surface area contributed by atoms with Gasteiger partial charge in [-0.15, -0.1) is 0 Å². The van der Waals surface area contributed by atoms with Gasteiger partial charge in [0.15, 0.2) is 0 Å². The van der Waals surface area contributed by atoms with Crippen molar-refractivity contribution >= 4 is 39.1 Å². The fourth-order valence-corrected chi connectivity index (χ4v) is 5.31. The van der Waals surface area contributed by atoms with E-state index in [-0.39, 0.29) is 10.6 Å². The molecule has 11 heteroatoms. The predicted octanol–water partition coefficient (Wildman–Crippen LogP) is 3.10. The minimum absolute atomic E-state index is 0.0696. The molecule has 0 bridgehead atoms. The van der Waals surface area contributed by atoms with Crippen LogP contribution in [-0.4, -0.2) is 61.0 Å². The Kier molecular flexibility index (Phi) is 6.45. The number of halogens is 1. The summed E-state index contributed by atoms with van der Waals surface area (Å²) in [5.74, 6) is 2.30. The average Bonchev–Trinajstić information content (AvgIpc) is 2.79. The molecular weight excluding hydrogens is 452 g/mol. The highest BCUT2D eigenvalue weighted by atomic mass is 35.5. The fourth-order valence-electron chi connectivity index (χ4n) is 3.47. The summed E-state index contributed by atoms with van der Waals surface area (Å²) in [4.78, 5) is 15.0. The van der Waals surface area contributed by atoms with E-state index in [2.05, 4.69) is 20.3 Å². The molecule has 0 aliphatic carbocycles. The number of sulfonamides is 1. The van der Waals surface area contributed by atoms with Crippen molar-refractivity contribution in [2.75, 3.05) is 43.5 Å². The second kappa shape index (κ2) is 9.27. The Bertz CT molecular complexity index is 1220. The zero-order valence-corrected chi connectivity index (χ0v) is 19.3. The number of anilines is 3. The number of benzene rings is 1. The van der Waals surface area contributed by atoms with Crippen LogP contribution in [0.1, 0.15) is 5.56 Å². The van der Waals surface area contributed by atoms with Gasteiger partial charge in [0.2, 0.25) is 10.0 Å². The van der Waals surface area contributed by atoms with Crippen molar-refractivity contribution in [2.45, 2.75) is 11.8 Å². The topological polar surface area (TPSA) is 101 Å². The molecule has 168 valence electrons. The number of piperazine rings is 1. The third-order valence-corrected chi connectivity index (χ3v) is 7.29. The van der Waals surface area contributed by atoms with Crippen LogP contribution in [0.2, 0.25) is 5.02 Å². The van der Waals surface area contributed by atoms with Gasteiger partial charge in [-0.1, -0.05) is 11.6 Å². The van der Waals surface area contributed by atoms with Crippen LogP contribution in [0.25, 0.3) is 0 Å². The molecular formula is C21H23ClN6O3S. The van der Waals surface area contributed by atoms with Gasteiger partial charge >= 0.3 is 0 Å². The number of nitrogens with zero attached hydrogens (tertiary/aromatic N) is 5. The van der Waals surface area contributed by atoms with Crippen molar-refractivity contribution in [1.29, 1.82) is 0 Å². The molecule has 0 saturated carbocycles. The van der Waals surface area contributed by atoms with Crippen LogP contribution < -0.4 is 15.0 Å². The van der Waals surface area contributed by atoms with E-state index in [1.54, 1.807) is 18.3 Å². The van der Waals surface area contributed by atoms with Crippen molar-refractivity contribution < 1.29 is 13.2 Å². The molecule has 1 fully saturated rings. The average molecular weight is 475 g/mol. The number of nitrogens with one attached hydrogen (secondary N) is 1. The SMILES string of the molecule is COc1ccc(Cl)cc1S(=O)(=O)N1CCN(c2cc(Nc3cc(C)ccn3)ncn2)CC1. The van der Waals surface area contributed by atoms with Crippen LogP contribution in [0, 0.1) is 6.92 Å². The summed E-state index contributed by atoms with van der Waals surface area (Å²) in [7, 11) is -2.30. The molecule has 1 saturated heterocycles. The number of rotatable bonds is 6. The van der Waals surface area contributed by atoms with Gasteiger partial charge in [0.25, 0.3) is 0 Å². The number of aromatic nitrogens is 3. The van der Waals surface area contributed by atoms with Crippen molar-refractivity contribution in [3.8, 4) is 5.75 Å². The van der Waals surface area contributed by atoms with Gasteiger partial charge in [0, 0.05) is 43.5 Å². The smallest absolute Gasteiger partial charge is 0.246 e. The third-order valence-electron chi connectivity index (χ3n) is 5.13. The van der Waals surface area contributed by atoms with E-state index < -0.39 is 10.0 Å². The van der Waals surface area contributed by atoms with E-state index in [0.717, 1.165) is 5.56 Å². The molecule has 4 rings (SSSR count). The standard InChI is InChI=1S/C21H23ClN6O3S/c1-15-5-6-23-19(11-15)26-20-13-21(25-14-24-20)27-7-9-28(10-8-27)32(29,30)18-12-16(22)3-4-17(18)31-2/h3-6,11-14H,7-10H2,1-2H3,(H,23,24,25,26). The molecule has 1 aliphatic rings. The molecule has 0 radical (unpaired) electrons. The van der Waals surface area contributed by atoms with E-state index >= 15 is 0 Å². The molecule has 1 aliphatic heterocycles. The number of methoxy groups -OCH3 is 1. The number of ether oxygens (including phenoxy) is 1. The van der Waals surface area contributed by atoms with Crippen molar-refractivity contribution in [3.63, 3.8) is 0 Å². The zero-order chi connectivity index (χ0) is 22.7. The molecule has 2 aromatic heterocycles. The van der Waals surface area contributed by atoms with Crippen LogP contribution in [0.15, 0.2) is 53.8 Å². The van der Waals surface area contributed by atoms with Gasteiger partial charge in [-0.05, 0) is 42.8 Å². The summed E-state index contributed by atoms with van der Waals surface area (Å²) in [5, 5.41) is 3.52. The number of pyridine rings is 1. The molecule has 32 heavy (non-hydrogen) atoms. The van der Waals surface area contributed by atoms with Crippen LogP contribution in [0.3, 0.4) is 0 Å². The van der Waals surface area contributed by atoms with Gasteiger partial charge in [0.1, 0.15) is 34.4 Å². The molecule has 0 atom stereocenters. The molecule has 0 spiro atoms. The lowest BCUT2D eigenvalue weighted by molar-refractivity contribution is 0.373. The largest absolute Gasteiger partial charge is 0.495 e. The van der Waals surface area contributed by atoms with E-state index in [1.807, 2.05) is 30.0 Å². The Morgan fingerprint density at radius 3 is 2.47 bits per heavy atom. The van der Waals surface area contributed by atoms with Crippen molar-refractivity contribution in [2.24, 2.45) is 0 Å².